The highest BCUT2D eigenvalue weighted by molar-refractivity contribution is 14.1. The van der Waals surface area contributed by atoms with Crippen molar-refractivity contribution in [3.05, 3.63) is 0 Å². The molecule has 1 saturated heterocycles. The van der Waals surface area contributed by atoms with Crippen molar-refractivity contribution in [1.29, 1.82) is 0 Å². The van der Waals surface area contributed by atoms with E-state index in [2.05, 4.69) is 27.9 Å². The minimum atomic E-state index is 0.766. The molecule has 1 fully saturated rings. The first-order chi connectivity index (χ1) is 2.89. The van der Waals surface area contributed by atoms with E-state index in [4.69, 9.17) is 0 Å². The molecule has 2 heteroatoms. The summed E-state index contributed by atoms with van der Waals surface area (Å²) >= 11 is 2.42. The van der Waals surface area contributed by atoms with Crippen LogP contribution in [0.25, 0.3) is 0 Å². The number of halogens is 1. The predicted octanol–water partition coefficient (Wildman–Crippen LogP) is 1.13. The van der Waals surface area contributed by atoms with Gasteiger partial charge in [-0.1, -0.05) is 22.6 Å². The summed E-state index contributed by atoms with van der Waals surface area (Å²) in [7, 11) is 0. The minimum Gasteiger partial charge on any atom is -0.305 e. The van der Waals surface area contributed by atoms with Crippen molar-refractivity contribution in [1.82, 2.24) is 5.32 Å². The lowest BCUT2D eigenvalue weighted by Gasteiger charge is -1.92. The van der Waals surface area contributed by atoms with E-state index in [1.54, 1.807) is 0 Å². The van der Waals surface area contributed by atoms with Crippen LogP contribution in [0.4, 0.5) is 0 Å². The number of alkyl halides is 1. The largest absolute Gasteiger partial charge is 0.305 e. The van der Waals surface area contributed by atoms with Crippen LogP contribution in [0.15, 0.2) is 0 Å². The standard InChI is InChI=1S/C4H8IN/c5-4-2-1-3-6-4/h4,6H,1-3H2. The maximum atomic E-state index is 3.31. The molecule has 1 rings (SSSR count). The molecule has 1 atom stereocenters. The molecular weight excluding hydrogens is 189 g/mol. The summed E-state index contributed by atoms with van der Waals surface area (Å²) in [5, 5.41) is 3.31. The first kappa shape index (κ1) is 4.84. The fourth-order valence-electron chi connectivity index (χ4n) is 0.642. The topological polar surface area (TPSA) is 12.0 Å². The van der Waals surface area contributed by atoms with E-state index >= 15 is 0 Å². The highest BCUT2D eigenvalue weighted by Crippen LogP contribution is 2.09. The second-order valence-corrected chi connectivity index (χ2v) is 3.07. The average Bonchev–Trinajstić information content (AvgIpc) is 1.86. The van der Waals surface area contributed by atoms with Crippen molar-refractivity contribution < 1.29 is 0 Å². The molecule has 0 amide bonds. The average molecular weight is 197 g/mol. The molecule has 0 aliphatic carbocycles. The van der Waals surface area contributed by atoms with Gasteiger partial charge >= 0.3 is 0 Å². The van der Waals surface area contributed by atoms with E-state index in [0.29, 0.717) is 0 Å². The zero-order valence-corrected chi connectivity index (χ0v) is 5.73. The van der Waals surface area contributed by atoms with Crippen molar-refractivity contribution >= 4 is 22.6 Å². The van der Waals surface area contributed by atoms with Crippen molar-refractivity contribution in [2.75, 3.05) is 6.54 Å². The smallest absolute Gasteiger partial charge is 0.0594 e. The third kappa shape index (κ3) is 1.08. The summed E-state index contributed by atoms with van der Waals surface area (Å²) in [5.74, 6) is 0. The number of rotatable bonds is 0. The lowest BCUT2D eigenvalue weighted by Crippen LogP contribution is -2.12. The van der Waals surface area contributed by atoms with Gasteiger partial charge in [0, 0.05) is 0 Å². The maximum Gasteiger partial charge on any atom is 0.0594 e. The quantitative estimate of drug-likeness (QED) is 0.348. The van der Waals surface area contributed by atoms with E-state index < -0.39 is 0 Å². The van der Waals surface area contributed by atoms with Crippen molar-refractivity contribution in [2.45, 2.75) is 16.9 Å². The molecular formula is C4H8IN. The van der Waals surface area contributed by atoms with Crippen molar-refractivity contribution in [2.24, 2.45) is 0 Å². The van der Waals surface area contributed by atoms with Crippen LogP contribution in [0.5, 0.6) is 0 Å². The Morgan fingerprint density at radius 1 is 1.67 bits per heavy atom. The molecule has 0 saturated carbocycles. The molecule has 0 radical (unpaired) electrons. The highest BCUT2D eigenvalue weighted by Gasteiger charge is 2.07. The van der Waals surface area contributed by atoms with Gasteiger partial charge in [-0.2, -0.15) is 0 Å². The second-order valence-electron chi connectivity index (χ2n) is 1.56. The summed E-state index contributed by atoms with van der Waals surface area (Å²) in [5.41, 5.74) is 0. The molecule has 0 aromatic heterocycles. The van der Waals surface area contributed by atoms with Crippen LogP contribution in [0, 0.1) is 0 Å². The Morgan fingerprint density at radius 3 is 2.67 bits per heavy atom. The minimum absolute atomic E-state index is 0.766. The molecule has 1 N–H and O–H groups in total. The molecule has 36 valence electrons. The second kappa shape index (κ2) is 2.12. The molecule has 1 heterocycles. The Balaban J connectivity index is 2.18. The van der Waals surface area contributed by atoms with Gasteiger partial charge < -0.3 is 5.32 Å². The monoisotopic (exact) mass is 197 g/mol. The summed E-state index contributed by atoms with van der Waals surface area (Å²) in [6.45, 7) is 1.23. The highest BCUT2D eigenvalue weighted by atomic mass is 127. The van der Waals surface area contributed by atoms with Crippen LogP contribution in [0.2, 0.25) is 0 Å². The first-order valence-electron chi connectivity index (χ1n) is 2.27. The molecule has 1 nitrogen and oxygen atoms in total. The summed E-state index contributed by atoms with van der Waals surface area (Å²) in [6.07, 6.45) is 2.73. The van der Waals surface area contributed by atoms with Gasteiger partial charge in [0.05, 0.1) is 4.05 Å². The van der Waals surface area contributed by atoms with Gasteiger partial charge in [-0.05, 0) is 19.4 Å². The van der Waals surface area contributed by atoms with E-state index in [1.807, 2.05) is 0 Å². The molecule has 1 aliphatic rings. The number of hydrogen-bond acceptors (Lipinski definition) is 1. The van der Waals surface area contributed by atoms with Crippen LogP contribution < -0.4 is 5.32 Å². The Bertz CT molecular complexity index is 40.8. The Morgan fingerprint density at radius 2 is 2.50 bits per heavy atom. The zero-order valence-electron chi connectivity index (χ0n) is 3.58. The first-order valence-corrected chi connectivity index (χ1v) is 3.51. The number of nitrogens with one attached hydrogen (secondary N) is 1. The normalized spacial score (nSPS) is 34.5. The Labute approximate surface area is 51.6 Å². The van der Waals surface area contributed by atoms with Gasteiger partial charge in [0.1, 0.15) is 0 Å². The van der Waals surface area contributed by atoms with Crippen molar-refractivity contribution in [3.8, 4) is 0 Å². The van der Waals surface area contributed by atoms with Gasteiger partial charge in [-0.15, -0.1) is 0 Å². The van der Waals surface area contributed by atoms with Crippen LogP contribution >= 0.6 is 22.6 Å². The van der Waals surface area contributed by atoms with E-state index in [0.717, 1.165) is 4.05 Å². The lowest BCUT2D eigenvalue weighted by molar-refractivity contribution is 0.833. The Kier molecular flexibility index (Phi) is 1.71. The SMILES string of the molecule is IC1CCCN1. The van der Waals surface area contributed by atoms with Gasteiger partial charge in [0.2, 0.25) is 0 Å². The van der Waals surface area contributed by atoms with Crippen LogP contribution in [0.1, 0.15) is 12.8 Å². The lowest BCUT2D eigenvalue weighted by atomic mass is 10.4. The van der Waals surface area contributed by atoms with Gasteiger partial charge in [0.25, 0.3) is 0 Å². The van der Waals surface area contributed by atoms with Crippen LogP contribution in [-0.4, -0.2) is 10.6 Å². The molecule has 6 heavy (non-hydrogen) atoms. The third-order valence-electron chi connectivity index (χ3n) is 1.00. The van der Waals surface area contributed by atoms with Gasteiger partial charge in [-0.3, -0.25) is 0 Å². The predicted molar refractivity (Wildman–Crippen MR) is 35.0 cm³/mol. The van der Waals surface area contributed by atoms with E-state index in [-0.39, 0.29) is 0 Å². The van der Waals surface area contributed by atoms with Crippen LogP contribution in [0.3, 0.4) is 0 Å². The summed E-state index contributed by atoms with van der Waals surface area (Å²) in [6, 6.07) is 0. The summed E-state index contributed by atoms with van der Waals surface area (Å²) < 4.78 is 0.766. The zero-order chi connectivity index (χ0) is 4.41. The molecule has 0 aromatic carbocycles. The van der Waals surface area contributed by atoms with Crippen LogP contribution in [-0.2, 0) is 0 Å². The molecule has 0 aromatic rings. The molecule has 1 unspecified atom stereocenters. The molecule has 0 spiro atoms. The fraction of sp³-hybridized carbons (Fsp3) is 1.00. The molecule has 1 aliphatic heterocycles. The third-order valence-corrected chi connectivity index (χ3v) is 2.06. The fourth-order valence-corrected chi connectivity index (χ4v) is 1.39. The Hall–Kier alpha value is 0.690. The van der Waals surface area contributed by atoms with E-state index in [9.17, 15) is 0 Å². The van der Waals surface area contributed by atoms with Gasteiger partial charge in [0.15, 0.2) is 0 Å². The van der Waals surface area contributed by atoms with E-state index in [1.165, 1.54) is 19.4 Å². The van der Waals surface area contributed by atoms with Crippen molar-refractivity contribution in [3.63, 3.8) is 0 Å². The maximum absolute atomic E-state index is 3.31. The number of hydrogen-bond donors (Lipinski definition) is 1. The summed E-state index contributed by atoms with van der Waals surface area (Å²) in [4.78, 5) is 0. The van der Waals surface area contributed by atoms with Gasteiger partial charge in [-0.25, -0.2) is 0 Å². The molecule has 0 bridgehead atoms.